The summed E-state index contributed by atoms with van der Waals surface area (Å²) in [6.07, 6.45) is 2.86. The van der Waals surface area contributed by atoms with Gasteiger partial charge in [0.1, 0.15) is 4.90 Å². The van der Waals surface area contributed by atoms with E-state index in [0.717, 1.165) is 25.8 Å². The van der Waals surface area contributed by atoms with Crippen molar-refractivity contribution in [1.82, 2.24) is 9.62 Å². The first-order valence-electron chi connectivity index (χ1n) is 6.08. The molecule has 0 amide bonds. The van der Waals surface area contributed by atoms with Crippen LogP contribution in [-0.2, 0) is 10.0 Å². The summed E-state index contributed by atoms with van der Waals surface area (Å²) in [4.78, 5) is 2.18. The number of hydrogen-bond donors (Lipinski definition) is 2. The number of nitrogens with two attached hydrogens (primary N) is 1. The van der Waals surface area contributed by atoms with Crippen molar-refractivity contribution in [1.29, 1.82) is 0 Å². The van der Waals surface area contributed by atoms with Gasteiger partial charge in [0.25, 0.3) is 0 Å². The number of rotatable bonds is 3. The van der Waals surface area contributed by atoms with E-state index in [9.17, 15) is 8.42 Å². The Morgan fingerprint density at radius 2 is 2.06 bits per heavy atom. The molecule has 1 saturated heterocycles. The first kappa shape index (κ1) is 13.3. The summed E-state index contributed by atoms with van der Waals surface area (Å²) in [7, 11) is -1.61. The maximum atomic E-state index is 12.2. The number of likely N-dealkylation sites (tertiary alicyclic amines) is 1. The van der Waals surface area contributed by atoms with E-state index in [1.807, 2.05) is 11.9 Å². The van der Waals surface area contributed by atoms with Crippen LogP contribution in [0.2, 0.25) is 0 Å². The van der Waals surface area contributed by atoms with Gasteiger partial charge in [0.15, 0.2) is 0 Å². The third-order valence-corrected chi connectivity index (χ3v) is 4.80. The van der Waals surface area contributed by atoms with Gasteiger partial charge in [-0.3, -0.25) is 4.90 Å². The first-order chi connectivity index (χ1) is 8.50. The van der Waals surface area contributed by atoms with Crippen LogP contribution >= 0.6 is 0 Å². The Morgan fingerprint density at radius 1 is 1.33 bits per heavy atom. The maximum absolute atomic E-state index is 12.2. The molecule has 1 aromatic carbocycles. The van der Waals surface area contributed by atoms with E-state index in [1.54, 1.807) is 18.2 Å². The van der Waals surface area contributed by atoms with Gasteiger partial charge in [-0.25, -0.2) is 8.42 Å². The lowest BCUT2D eigenvalue weighted by atomic mass is 10.1. The average Bonchev–Trinajstić information content (AvgIpc) is 2.32. The molecular formula is C12H19N3O2S. The minimum Gasteiger partial charge on any atom is -0.398 e. The first-order valence-corrected chi connectivity index (χ1v) is 7.56. The molecule has 1 unspecified atom stereocenters. The van der Waals surface area contributed by atoms with Crippen LogP contribution in [0.25, 0.3) is 0 Å². The Kier molecular flexibility index (Phi) is 3.89. The van der Waals surface area contributed by atoms with Crippen LogP contribution in [0.15, 0.2) is 29.2 Å². The van der Waals surface area contributed by atoms with E-state index in [4.69, 9.17) is 5.73 Å². The maximum Gasteiger partial charge on any atom is 0.243 e. The van der Waals surface area contributed by atoms with Crippen molar-refractivity contribution < 1.29 is 8.42 Å². The topological polar surface area (TPSA) is 75.4 Å². The lowest BCUT2D eigenvalue weighted by Gasteiger charge is -2.32. The second-order valence-electron chi connectivity index (χ2n) is 4.65. The summed E-state index contributed by atoms with van der Waals surface area (Å²) in [6, 6.07) is 6.52. The molecule has 6 heteroatoms. The zero-order valence-corrected chi connectivity index (χ0v) is 11.3. The van der Waals surface area contributed by atoms with Crippen LogP contribution in [0.4, 0.5) is 5.69 Å². The van der Waals surface area contributed by atoms with Gasteiger partial charge in [0.2, 0.25) is 10.0 Å². The normalized spacial score (nSPS) is 21.9. The quantitative estimate of drug-likeness (QED) is 0.802. The SMILES string of the molecule is CN1CCCCC1NS(=O)(=O)c1ccccc1N. The van der Waals surface area contributed by atoms with E-state index in [-0.39, 0.29) is 16.7 Å². The average molecular weight is 269 g/mol. The van der Waals surface area contributed by atoms with E-state index >= 15 is 0 Å². The molecule has 1 aliphatic rings. The third-order valence-electron chi connectivity index (χ3n) is 3.27. The number of sulfonamides is 1. The number of anilines is 1. The molecule has 5 nitrogen and oxygen atoms in total. The fraction of sp³-hybridized carbons (Fsp3) is 0.500. The van der Waals surface area contributed by atoms with Crippen LogP contribution in [0.3, 0.4) is 0 Å². The Hall–Kier alpha value is -1.11. The van der Waals surface area contributed by atoms with Gasteiger partial charge >= 0.3 is 0 Å². The summed E-state index contributed by atoms with van der Waals surface area (Å²) >= 11 is 0. The second-order valence-corrected chi connectivity index (χ2v) is 6.33. The van der Waals surface area contributed by atoms with Gasteiger partial charge in [-0.05, 0) is 45.0 Å². The molecule has 0 aliphatic carbocycles. The molecule has 0 bridgehead atoms. The van der Waals surface area contributed by atoms with Gasteiger partial charge in [0, 0.05) is 0 Å². The lowest BCUT2D eigenvalue weighted by Crippen LogP contribution is -2.48. The molecule has 0 radical (unpaired) electrons. The van der Waals surface area contributed by atoms with Crippen LogP contribution < -0.4 is 10.5 Å². The van der Waals surface area contributed by atoms with Crippen molar-refractivity contribution in [3.05, 3.63) is 24.3 Å². The predicted molar refractivity (Wildman–Crippen MR) is 71.4 cm³/mol. The zero-order chi connectivity index (χ0) is 13.2. The zero-order valence-electron chi connectivity index (χ0n) is 10.5. The molecule has 100 valence electrons. The highest BCUT2D eigenvalue weighted by atomic mass is 32.2. The molecule has 0 aromatic heterocycles. The minimum atomic E-state index is -3.54. The third kappa shape index (κ3) is 2.82. The lowest BCUT2D eigenvalue weighted by molar-refractivity contribution is 0.175. The molecule has 18 heavy (non-hydrogen) atoms. The molecule has 1 fully saturated rings. The highest BCUT2D eigenvalue weighted by molar-refractivity contribution is 7.89. The van der Waals surface area contributed by atoms with Crippen LogP contribution in [0.5, 0.6) is 0 Å². The highest BCUT2D eigenvalue weighted by Gasteiger charge is 2.26. The Labute approximate surface area is 108 Å². The summed E-state index contributed by atoms with van der Waals surface area (Å²) in [5.74, 6) is 0. The van der Waals surface area contributed by atoms with Gasteiger partial charge in [-0.15, -0.1) is 0 Å². The molecule has 2 rings (SSSR count). The monoisotopic (exact) mass is 269 g/mol. The molecule has 0 spiro atoms. The predicted octanol–water partition coefficient (Wildman–Crippen LogP) is 0.989. The number of nitrogens with zero attached hydrogens (tertiary/aromatic N) is 1. The van der Waals surface area contributed by atoms with Crippen molar-refractivity contribution >= 4 is 15.7 Å². The van der Waals surface area contributed by atoms with E-state index in [0.29, 0.717) is 0 Å². The smallest absolute Gasteiger partial charge is 0.243 e. The fourth-order valence-electron chi connectivity index (χ4n) is 2.19. The Morgan fingerprint density at radius 3 is 2.72 bits per heavy atom. The summed E-state index contributed by atoms with van der Waals surface area (Å²) in [6.45, 7) is 0.914. The van der Waals surface area contributed by atoms with Crippen molar-refractivity contribution in [3.63, 3.8) is 0 Å². The number of nitrogen functional groups attached to an aromatic ring is 1. The van der Waals surface area contributed by atoms with Crippen LogP contribution in [0.1, 0.15) is 19.3 Å². The summed E-state index contributed by atoms with van der Waals surface area (Å²) in [5, 5.41) is 0. The number of piperidine rings is 1. The second kappa shape index (κ2) is 5.26. The number of nitrogens with one attached hydrogen (secondary N) is 1. The van der Waals surface area contributed by atoms with Gasteiger partial charge in [-0.1, -0.05) is 12.1 Å². The van der Waals surface area contributed by atoms with E-state index < -0.39 is 10.0 Å². The van der Waals surface area contributed by atoms with Crippen LogP contribution in [0, 0.1) is 0 Å². The van der Waals surface area contributed by atoms with Gasteiger partial charge < -0.3 is 5.73 Å². The number of hydrogen-bond acceptors (Lipinski definition) is 4. The van der Waals surface area contributed by atoms with E-state index in [1.165, 1.54) is 6.07 Å². The van der Waals surface area contributed by atoms with Gasteiger partial charge in [0.05, 0.1) is 11.9 Å². The summed E-state index contributed by atoms with van der Waals surface area (Å²) in [5.41, 5.74) is 5.99. The van der Waals surface area contributed by atoms with E-state index in [2.05, 4.69) is 4.72 Å². The highest BCUT2D eigenvalue weighted by Crippen LogP contribution is 2.20. The molecule has 1 heterocycles. The molecule has 1 atom stereocenters. The summed E-state index contributed by atoms with van der Waals surface area (Å²) < 4.78 is 27.2. The van der Waals surface area contributed by atoms with Gasteiger partial charge in [-0.2, -0.15) is 4.72 Å². The Bertz CT molecular complexity index is 516. The fourth-order valence-corrected chi connectivity index (χ4v) is 3.61. The molecule has 1 aromatic rings. The number of benzene rings is 1. The van der Waals surface area contributed by atoms with Crippen LogP contribution in [-0.4, -0.2) is 33.1 Å². The largest absolute Gasteiger partial charge is 0.398 e. The molecular weight excluding hydrogens is 250 g/mol. The minimum absolute atomic E-state index is 0.136. The van der Waals surface area contributed by atoms with Crippen molar-refractivity contribution in [3.8, 4) is 0 Å². The van der Waals surface area contributed by atoms with Crippen molar-refractivity contribution in [2.24, 2.45) is 0 Å². The van der Waals surface area contributed by atoms with Crippen molar-refractivity contribution in [2.45, 2.75) is 30.3 Å². The molecule has 0 saturated carbocycles. The Balaban J connectivity index is 2.19. The molecule has 1 aliphatic heterocycles. The molecule has 3 N–H and O–H groups in total. The van der Waals surface area contributed by atoms with Crippen molar-refractivity contribution in [2.75, 3.05) is 19.3 Å². The number of para-hydroxylation sites is 1. The standard InChI is InChI=1S/C12H19N3O2S/c1-15-9-5-4-8-12(15)14-18(16,17)11-7-3-2-6-10(11)13/h2-3,6-7,12,14H,4-5,8-9,13H2,1H3.